The third-order valence-corrected chi connectivity index (χ3v) is 3.29. The number of aromatic nitrogens is 1. The molecule has 1 aromatic heterocycles. The molecule has 0 aliphatic carbocycles. The van der Waals surface area contributed by atoms with Crippen molar-refractivity contribution >= 4 is 34.9 Å². The Hall–Kier alpha value is -3.03. The van der Waals surface area contributed by atoms with Gasteiger partial charge in [0.05, 0.1) is 11.2 Å². The number of carboxylic acid groups (broad SMARTS) is 1. The standard InChI is InChI=1S/C19H24N2O6/c1-18(2,3)26-16(24)21(17(25)27-19(4,5)6)13-8-7-12-9-10-20(15(22)23)14(12)11-13/h7-11H,1-6H3,(H,22,23). The maximum absolute atomic E-state index is 12.7. The second-order valence-corrected chi connectivity index (χ2v) is 8.01. The first kappa shape index (κ1) is 20.3. The zero-order valence-corrected chi connectivity index (χ0v) is 16.3. The van der Waals surface area contributed by atoms with Crippen LogP contribution in [0.1, 0.15) is 41.5 Å². The van der Waals surface area contributed by atoms with Crippen LogP contribution in [0.2, 0.25) is 0 Å². The van der Waals surface area contributed by atoms with Crippen LogP contribution < -0.4 is 4.90 Å². The van der Waals surface area contributed by atoms with Gasteiger partial charge in [-0.3, -0.25) is 4.57 Å². The van der Waals surface area contributed by atoms with Gasteiger partial charge in [-0.25, -0.2) is 14.4 Å². The van der Waals surface area contributed by atoms with E-state index in [1.54, 1.807) is 53.7 Å². The lowest BCUT2D eigenvalue weighted by atomic mass is 10.2. The first-order chi connectivity index (χ1) is 12.3. The molecule has 2 amide bonds. The Morgan fingerprint density at radius 3 is 1.89 bits per heavy atom. The molecular weight excluding hydrogens is 352 g/mol. The van der Waals surface area contributed by atoms with Gasteiger partial charge in [0.1, 0.15) is 11.2 Å². The fourth-order valence-corrected chi connectivity index (χ4v) is 2.32. The molecule has 0 saturated heterocycles. The number of hydrogen-bond donors (Lipinski definition) is 1. The zero-order chi connectivity index (χ0) is 20.6. The molecule has 0 atom stereocenters. The van der Waals surface area contributed by atoms with Gasteiger partial charge in [-0.05, 0) is 59.7 Å². The van der Waals surface area contributed by atoms with E-state index in [2.05, 4.69) is 0 Å². The van der Waals surface area contributed by atoms with Crippen molar-refractivity contribution in [3.63, 3.8) is 0 Å². The summed E-state index contributed by atoms with van der Waals surface area (Å²) in [5.41, 5.74) is -1.19. The SMILES string of the molecule is CC(C)(C)OC(=O)N(C(=O)OC(C)(C)C)c1ccc2ccn(C(=O)O)c2c1. The molecule has 8 nitrogen and oxygen atoms in total. The van der Waals surface area contributed by atoms with Crippen molar-refractivity contribution in [1.29, 1.82) is 0 Å². The summed E-state index contributed by atoms with van der Waals surface area (Å²) in [4.78, 5) is 37.4. The first-order valence-corrected chi connectivity index (χ1v) is 8.39. The van der Waals surface area contributed by atoms with Crippen LogP contribution in [0, 0.1) is 0 Å². The molecule has 8 heteroatoms. The van der Waals surface area contributed by atoms with Gasteiger partial charge < -0.3 is 14.6 Å². The van der Waals surface area contributed by atoms with E-state index in [4.69, 9.17) is 9.47 Å². The summed E-state index contributed by atoms with van der Waals surface area (Å²) in [5, 5.41) is 9.94. The van der Waals surface area contributed by atoms with Crippen molar-refractivity contribution in [3.05, 3.63) is 30.5 Å². The minimum atomic E-state index is -1.18. The Morgan fingerprint density at radius 2 is 1.44 bits per heavy atom. The quantitative estimate of drug-likeness (QED) is 0.764. The summed E-state index contributed by atoms with van der Waals surface area (Å²) in [6.45, 7) is 10.1. The van der Waals surface area contributed by atoms with Crippen LogP contribution in [0.25, 0.3) is 10.9 Å². The Labute approximate surface area is 157 Å². The molecule has 0 radical (unpaired) electrons. The van der Waals surface area contributed by atoms with E-state index in [0.29, 0.717) is 10.9 Å². The van der Waals surface area contributed by atoms with Crippen LogP contribution in [0.3, 0.4) is 0 Å². The number of hydrogen-bond acceptors (Lipinski definition) is 5. The second kappa shape index (κ2) is 6.94. The van der Waals surface area contributed by atoms with E-state index in [9.17, 15) is 19.5 Å². The molecule has 0 spiro atoms. The van der Waals surface area contributed by atoms with Crippen molar-refractivity contribution in [2.24, 2.45) is 0 Å². The number of imide groups is 1. The molecule has 0 saturated carbocycles. The second-order valence-electron chi connectivity index (χ2n) is 8.01. The highest BCUT2D eigenvalue weighted by Crippen LogP contribution is 2.26. The molecule has 0 unspecified atom stereocenters. The van der Waals surface area contributed by atoms with Gasteiger partial charge in [0.15, 0.2) is 0 Å². The highest BCUT2D eigenvalue weighted by molar-refractivity contribution is 6.10. The van der Waals surface area contributed by atoms with Gasteiger partial charge in [0.25, 0.3) is 0 Å². The molecule has 0 aliphatic heterocycles. The summed E-state index contributed by atoms with van der Waals surface area (Å²) in [6.07, 6.45) is -1.61. The molecule has 1 N–H and O–H groups in total. The molecule has 1 aromatic carbocycles. The molecular formula is C19H24N2O6. The number of anilines is 1. The fraction of sp³-hybridized carbons (Fsp3) is 0.421. The van der Waals surface area contributed by atoms with Gasteiger partial charge >= 0.3 is 18.3 Å². The Balaban J connectivity index is 2.53. The number of amides is 2. The molecule has 2 aromatic rings. The summed E-state index contributed by atoms with van der Waals surface area (Å²) in [6, 6.07) is 6.20. The molecule has 1 heterocycles. The van der Waals surface area contributed by atoms with Crippen molar-refractivity contribution in [2.45, 2.75) is 52.7 Å². The number of nitrogens with zero attached hydrogens (tertiary/aromatic N) is 2. The van der Waals surface area contributed by atoms with Crippen LogP contribution in [0.5, 0.6) is 0 Å². The van der Waals surface area contributed by atoms with Crippen LogP contribution in [-0.2, 0) is 9.47 Å². The largest absolute Gasteiger partial charge is 0.464 e. The van der Waals surface area contributed by atoms with Gasteiger partial charge in [0.2, 0.25) is 0 Å². The average Bonchev–Trinajstić information content (AvgIpc) is 2.86. The highest BCUT2D eigenvalue weighted by atomic mass is 16.6. The van der Waals surface area contributed by atoms with E-state index in [0.717, 1.165) is 9.47 Å². The van der Waals surface area contributed by atoms with Crippen LogP contribution in [-0.4, -0.2) is 39.2 Å². The normalized spacial score (nSPS) is 11.9. The van der Waals surface area contributed by atoms with Crippen molar-refractivity contribution in [2.75, 3.05) is 4.90 Å². The minimum Gasteiger partial charge on any atom is -0.464 e. The molecule has 27 heavy (non-hydrogen) atoms. The average molecular weight is 376 g/mol. The molecule has 0 fully saturated rings. The lowest BCUT2D eigenvalue weighted by Crippen LogP contribution is -2.43. The molecule has 146 valence electrons. The Kier molecular flexibility index (Phi) is 5.21. The summed E-state index contributed by atoms with van der Waals surface area (Å²) in [7, 11) is 0. The van der Waals surface area contributed by atoms with E-state index in [-0.39, 0.29) is 5.69 Å². The first-order valence-electron chi connectivity index (χ1n) is 8.39. The fourth-order valence-electron chi connectivity index (χ4n) is 2.32. The summed E-state index contributed by atoms with van der Waals surface area (Å²) in [5.74, 6) is 0. The maximum Gasteiger partial charge on any atom is 0.424 e. The molecule has 2 rings (SSSR count). The van der Waals surface area contributed by atoms with E-state index < -0.39 is 29.5 Å². The minimum absolute atomic E-state index is 0.146. The molecule has 0 aliphatic rings. The third kappa shape index (κ3) is 4.99. The summed E-state index contributed by atoms with van der Waals surface area (Å²) < 4.78 is 11.6. The number of rotatable bonds is 1. The van der Waals surface area contributed by atoms with Crippen LogP contribution in [0.15, 0.2) is 30.5 Å². The monoisotopic (exact) mass is 376 g/mol. The Bertz CT molecular complexity index is 858. The number of ether oxygens (including phenoxy) is 2. The zero-order valence-electron chi connectivity index (χ0n) is 16.3. The third-order valence-electron chi connectivity index (χ3n) is 3.29. The molecule has 0 bridgehead atoms. The van der Waals surface area contributed by atoms with E-state index in [1.165, 1.54) is 18.3 Å². The lowest BCUT2D eigenvalue weighted by molar-refractivity contribution is 0.0430. The number of carbonyl (C=O) groups excluding carboxylic acids is 2. The van der Waals surface area contributed by atoms with Gasteiger partial charge in [-0.15, -0.1) is 0 Å². The highest BCUT2D eigenvalue weighted by Gasteiger charge is 2.33. The predicted octanol–water partition coefficient (Wildman–Crippen LogP) is 4.84. The van der Waals surface area contributed by atoms with Crippen LogP contribution in [0.4, 0.5) is 20.1 Å². The summed E-state index contributed by atoms with van der Waals surface area (Å²) >= 11 is 0. The van der Waals surface area contributed by atoms with E-state index in [1.807, 2.05) is 0 Å². The maximum atomic E-state index is 12.7. The lowest BCUT2D eigenvalue weighted by Gasteiger charge is -2.28. The van der Waals surface area contributed by atoms with E-state index >= 15 is 0 Å². The van der Waals surface area contributed by atoms with Crippen molar-refractivity contribution < 1.29 is 29.0 Å². The smallest absolute Gasteiger partial charge is 0.424 e. The van der Waals surface area contributed by atoms with Gasteiger partial charge in [0, 0.05) is 11.6 Å². The number of carbonyl (C=O) groups is 3. The number of benzene rings is 1. The van der Waals surface area contributed by atoms with Crippen molar-refractivity contribution in [1.82, 2.24) is 4.57 Å². The predicted molar refractivity (Wildman–Crippen MR) is 100 cm³/mol. The number of fused-ring (bicyclic) bond motifs is 1. The Morgan fingerprint density at radius 1 is 0.926 bits per heavy atom. The van der Waals surface area contributed by atoms with Crippen LogP contribution >= 0.6 is 0 Å². The topological polar surface area (TPSA) is 98.1 Å². The van der Waals surface area contributed by atoms with Gasteiger partial charge in [-0.2, -0.15) is 4.90 Å². The van der Waals surface area contributed by atoms with Crippen molar-refractivity contribution in [3.8, 4) is 0 Å². The van der Waals surface area contributed by atoms with Gasteiger partial charge in [-0.1, -0.05) is 6.07 Å².